The average Bonchev–Trinajstić information content (AvgIpc) is 2.72. The molecule has 0 saturated carbocycles. The van der Waals surface area contributed by atoms with E-state index >= 15 is 0 Å². The molecule has 27 heavy (non-hydrogen) atoms. The van der Waals surface area contributed by atoms with E-state index in [1.54, 1.807) is 18.5 Å². The lowest BCUT2D eigenvalue weighted by Crippen LogP contribution is -2.44. The van der Waals surface area contributed by atoms with Gasteiger partial charge in [0.2, 0.25) is 0 Å². The number of benzene rings is 1. The van der Waals surface area contributed by atoms with Crippen LogP contribution in [0.1, 0.15) is 42.1 Å². The number of nitrogens with zero attached hydrogens (tertiary/aromatic N) is 2. The van der Waals surface area contributed by atoms with Gasteiger partial charge in [-0.25, -0.2) is 0 Å². The molecule has 0 spiro atoms. The molecule has 1 fully saturated rings. The molecular weight excluding hydrogens is 362 g/mol. The van der Waals surface area contributed by atoms with Gasteiger partial charge in [-0.3, -0.25) is 9.78 Å². The molecule has 1 saturated heterocycles. The highest BCUT2D eigenvalue weighted by Crippen LogP contribution is 2.24. The minimum Gasteiger partial charge on any atom is -0.493 e. The number of ether oxygens (including phenoxy) is 1. The van der Waals surface area contributed by atoms with Gasteiger partial charge < -0.3 is 15.0 Å². The highest BCUT2D eigenvalue weighted by Gasteiger charge is 2.23. The Balaban J connectivity index is 1.51. The summed E-state index contributed by atoms with van der Waals surface area (Å²) in [5.41, 5.74) is 1.73. The second-order valence-electron chi connectivity index (χ2n) is 6.79. The van der Waals surface area contributed by atoms with Crippen LogP contribution in [0, 0.1) is 0 Å². The van der Waals surface area contributed by atoms with Crippen molar-refractivity contribution in [2.75, 3.05) is 19.7 Å². The summed E-state index contributed by atoms with van der Waals surface area (Å²) in [6.07, 6.45) is 6.14. The van der Waals surface area contributed by atoms with Crippen molar-refractivity contribution in [2.45, 2.75) is 38.8 Å². The Hall–Kier alpha value is -2.11. The quantitative estimate of drug-likeness (QED) is 0.782. The molecule has 2 heterocycles. The van der Waals surface area contributed by atoms with Crippen LogP contribution in [0.4, 0.5) is 0 Å². The zero-order chi connectivity index (χ0) is 19.1. The zero-order valence-corrected chi connectivity index (χ0v) is 16.4. The van der Waals surface area contributed by atoms with Crippen LogP contribution in [-0.4, -0.2) is 41.5 Å². The molecule has 0 unspecified atom stereocenters. The molecule has 144 valence electrons. The van der Waals surface area contributed by atoms with Crippen LogP contribution in [0.25, 0.3) is 0 Å². The van der Waals surface area contributed by atoms with Crippen molar-refractivity contribution in [1.82, 2.24) is 15.2 Å². The standard InChI is InChI=1S/C21H26ClN3O2/c1-2-12-27-20-6-5-18(22)13-17(20)15-24-19-7-10-25(11-8-19)21(26)16-4-3-9-23-14-16/h3-6,9,13-14,19,24H,2,7-8,10-12,15H2,1H3. The summed E-state index contributed by atoms with van der Waals surface area (Å²) >= 11 is 6.15. The third-order valence-corrected chi connectivity index (χ3v) is 4.99. The van der Waals surface area contributed by atoms with Crippen molar-refractivity contribution < 1.29 is 9.53 Å². The van der Waals surface area contributed by atoms with Gasteiger partial charge in [-0.1, -0.05) is 18.5 Å². The molecule has 1 aliphatic rings. The third kappa shape index (κ3) is 5.44. The van der Waals surface area contributed by atoms with Crippen molar-refractivity contribution in [3.05, 3.63) is 58.9 Å². The maximum absolute atomic E-state index is 12.5. The van der Waals surface area contributed by atoms with E-state index < -0.39 is 0 Å². The topological polar surface area (TPSA) is 54.5 Å². The van der Waals surface area contributed by atoms with Gasteiger partial charge in [0.15, 0.2) is 0 Å². The first-order valence-electron chi connectivity index (χ1n) is 9.51. The lowest BCUT2D eigenvalue weighted by molar-refractivity contribution is 0.0704. The van der Waals surface area contributed by atoms with Crippen molar-refractivity contribution >= 4 is 17.5 Å². The molecule has 0 aliphatic carbocycles. The number of hydrogen-bond donors (Lipinski definition) is 1. The number of rotatable bonds is 7. The number of aromatic nitrogens is 1. The predicted molar refractivity (Wildman–Crippen MR) is 107 cm³/mol. The highest BCUT2D eigenvalue weighted by atomic mass is 35.5. The monoisotopic (exact) mass is 387 g/mol. The lowest BCUT2D eigenvalue weighted by Gasteiger charge is -2.32. The molecular formula is C21H26ClN3O2. The van der Waals surface area contributed by atoms with E-state index in [0.717, 1.165) is 43.7 Å². The van der Waals surface area contributed by atoms with Gasteiger partial charge in [-0.2, -0.15) is 0 Å². The van der Waals surface area contributed by atoms with E-state index in [0.29, 0.717) is 29.8 Å². The summed E-state index contributed by atoms with van der Waals surface area (Å²) in [5, 5.41) is 4.31. The molecule has 1 amide bonds. The number of pyridine rings is 1. The molecule has 2 aromatic rings. The van der Waals surface area contributed by atoms with E-state index in [9.17, 15) is 4.79 Å². The Bertz CT molecular complexity index is 746. The van der Waals surface area contributed by atoms with E-state index in [2.05, 4.69) is 17.2 Å². The van der Waals surface area contributed by atoms with Gasteiger partial charge in [-0.15, -0.1) is 0 Å². The third-order valence-electron chi connectivity index (χ3n) is 4.76. The SMILES string of the molecule is CCCOc1ccc(Cl)cc1CNC1CCN(C(=O)c2cccnc2)CC1. The molecule has 1 aromatic heterocycles. The number of carbonyl (C=O) groups is 1. The highest BCUT2D eigenvalue weighted by molar-refractivity contribution is 6.30. The minimum atomic E-state index is 0.0617. The van der Waals surface area contributed by atoms with Crippen LogP contribution >= 0.6 is 11.6 Å². The van der Waals surface area contributed by atoms with E-state index in [1.165, 1.54) is 0 Å². The number of carbonyl (C=O) groups excluding carboxylic acids is 1. The summed E-state index contributed by atoms with van der Waals surface area (Å²) in [6.45, 7) is 5.00. The molecule has 1 aromatic carbocycles. The van der Waals surface area contributed by atoms with Crippen LogP contribution in [0.15, 0.2) is 42.7 Å². The van der Waals surface area contributed by atoms with Gasteiger partial charge in [0.25, 0.3) is 5.91 Å². The number of likely N-dealkylation sites (tertiary alicyclic amines) is 1. The number of amides is 1. The first kappa shape index (κ1) is 19.6. The Labute approximate surface area is 165 Å². The Kier molecular flexibility index (Phi) is 7.07. The van der Waals surface area contributed by atoms with E-state index in [1.807, 2.05) is 29.2 Å². The molecule has 0 radical (unpaired) electrons. The lowest BCUT2D eigenvalue weighted by atomic mass is 10.0. The summed E-state index contributed by atoms with van der Waals surface area (Å²) in [5.74, 6) is 0.949. The van der Waals surface area contributed by atoms with Gasteiger partial charge in [0.1, 0.15) is 5.75 Å². The average molecular weight is 388 g/mol. The Morgan fingerprint density at radius 1 is 1.33 bits per heavy atom. The predicted octanol–water partition coefficient (Wildman–Crippen LogP) is 3.92. The summed E-state index contributed by atoms with van der Waals surface area (Å²) < 4.78 is 5.82. The zero-order valence-electron chi connectivity index (χ0n) is 15.7. The largest absolute Gasteiger partial charge is 0.493 e. The Morgan fingerprint density at radius 2 is 2.15 bits per heavy atom. The van der Waals surface area contributed by atoms with E-state index in [-0.39, 0.29) is 5.91 Å². The van der Waals surface area contributed by atoms with Gasteiger partial charge in [-0.05, 0) is 49.6 Å². The smallest absolute Gasteiger partial charge is 0.255 e. The van der Waals surface area contributed by atoms with Gasteiger partial charge in [0.05, 0.1) is 12.2 Å². The summed E-state index contributed by atoms with van der Waals surface area (Å²) in [7, 11) is 0. The van der Waals surface area contributed by atoms with Crippen molar-refractivity contribution in [3.8, 4) is 5.75 Å². The second kappa shape index (κ2) is 9.72. The molecule has 1 N–H and O–H groups in total. The second-order valence-corrected chi connectivity index (χ2v) is 7.23. The summed E-state index contributed by atoms with van der Waals surface area (Å²) in [6, 6.07) is 9.74. The molecule has 0 bridgehead atoms. The number of halogens is 1. The molecule has 3 rings (SSSR count). The molecule has 6 heteroatoms. The normalized spacial score (nSPS) is 15.0. The maximum atomic E-state index is 12.5. The Morgan fingerprint density at radius 3 is 2.85 bits per heavy atom. The fraction of sp³-hybridized carbons (Fsp3) is 0.429. The van der Waals surface area contributed by atoms with Gasteiger partial charge in [0, 0.05) is 48.7 Å². The number of piperidine rings is 1. The van der Waals surface area contributed by atoms with Crippen molar-refractivity contribution in [2.24, 2.45) is 0 Å². The number of nitrogens with one attached hydrogen (secondary N) is 1. The van der Waals surface area contributed by atoms with E-state index in [4.69, 9.17) is 16.3 Å². The fourth-order valence-corrected chi connectivity index (χ4v) is 3.45. The van der Waals surface area contributed by atoms with Crippen LogP contribution in [-0.2, 0) is 6.54 Å². The van der Waals surface area contributed by atoms with Crippen LogP contribution in [0.5, 0.6) is 5.75 Å². The maximum Gasteiger partial charge on any atom is 0.255 e. The van der Waals surface area contributed by atoms with Crippen LogP contribution < -0.4 is 10.1 Å². The first-order valence-corrected chi connectivity index (χ1v) is 9.89. The van der Waals surface area contributed by atoms with Crippen molar-refractivity contribution in [1.29, 1.82) is 0 Å². The molecule has 5 nitrogen and oxygen atoms in total. The molecule has 1 aliphatic heterocycles. The molecule has 0 atom stereocenters. The number of hydrogen-bond acceptors (Lipinski definition) is 4. The van der Waals surface area contributed by atoms with Gasteiger partial charge >= 0.3 is 0 Å². The van der Waals surface area contributed by atoms with Crippen LogP contribution in [0.2, 0.25) is 5.02 Å². The summed E-state index contributed by atoms with van der Waals surface area (Å²) in [4.78, 5) is 18.4. The fourth-order valence-electron chi connectivity index (χ4n) is 3.25. The van der Waals surface area contributed by atoms with Crippen molar-refractivity contribution in [3.63, 3.8) is 0 Å². The minimum absolute atomic E-state index is 0.0617. The first-order chi connectivity index (χ1) is 13.2. The van der Waals surface area contributed by atoms with Crippen LogP contribution in [0.3, 0.4) is 0 Å².